The van der Waals surface area contributed by atoms with Crippen molar-refractivity contribution in [1.82, 2.24) is 4.98 Å². The molecule has 1 aromatic rings. The Morgan fingerprint density at radius 1 is 1.57 bits per heavy atom. The molecule has 0 bridgehead atoms. The van der Waals surface area contributed by atoms with Crippen LogP contribution in [0.3, 0.4) is 0 Å². The molecular weight excluding hydrogens is 218 g/mol. The lowest BCUT2D eigenvalue weighted by atomic mass is 10.2. The molecule has 0 amide bonds. The smallest absolute Gasteiger partial charge is 0.151 e. The molecule has 5 heteroatoms. The molecule has 0 saturated carbocycles. The van der Waals surface area contributed by atoms with E-state index in [1.165, 1.54) is 5.75 Å². The van der Waals surface area contributed by atoms with Crippen molar-refractivity contribution in [2.45, 2.75) is 12.5 Å². The zero-order chi connectivity index (χ0) is 9.97. The van der Waals surface area contributed by atoms with Crippen LogP contribution in [0, 0.1) is 0 Å². The Balaban J connectivity index is 2.10. The van der Waals surface area contributed by atoms with Crippen molar-refractivity contribution >= 4 is 34.9 Å². The fourth-order valence-electron chi connectivity index (χ4n) is 1.40. The minimum absolute atomic E-state index is 0.479. The van der Waals surface area contributed by atoms with Gasteiger partial charge in [-0.3, -0.25) is 0 Å². The highest BCUT2D eigenvalue weighted by molar-refractivity contribution is 7.99. The number of pyridine rings is 1. The molecule has 1 aliphatic rings. The van der Waals surface area contributed by atoms with Crippen molar-refractivity contribution in [3.8, 4) is 0 Å². The van der Waals surface area contributed by atoms with Gasteiger partial charge in [-0.2, -0.15) is 11.8 Å². The first-order chi connectivity index (χ1) is 6.75. The fraction of sp³-hybridized carbons (Fsp3) is 0.444. The third-order valence-electron chi connectivity index (χ3n) is 2.16. The second-order valence-electron chi connectivity index (χ2n) is 3.28. The predicted molar refractivity (Wildman–Crippen MR) is 63.0 cm³/mol. The van der Waals surface area contributed by atoms with Crippen molar-refractivity contribution in [3.05, 3.63) is 17.3 Å². The third kappa shape index (κ3) is 2.25. The molecule has 1 atom stereocenters. The molecule has 14 heavy (non-hydrogen) atoms. The molecular formula is C9H12ClN3S. The maximum Gasteiger partial charge on any atom is 0.151 e. The molecule has 1 aromatic heterocycles. The minimum atomic E-state index is 0.479. The van der Waals surface area contributed by atoms with Crippen molar-refractivity contribution in [2.24, 2.45) is 0 Å². The van der Waals surface area contributed by atoms with E-state index in [-0.39, 0.29) is 0 Å². The summed E-state index contributed by atoms with van der Waals surface area (Å²) < 4.78 is 0. The summed E-state index contributed by atoms with van der Waals surface area (Å²) in [5.41, 5.74) is 6.44. The van der Waals surface area contributed by atoms with Crippen molar-refractivity contribution in [2.75, 3.05) is 22.6 Å². The molecule has 76 valence electrons. The molecule has 2 heterocycles. The standard InChI is InChI=1S/C9H12ClN3S/c10-8-2-1-7(11)9(13-8)12-6-3-4-14-5-6/h1-2,6H,3-5,11H2,(H,12,13). The topological polar surface area (TPSA) is 50.9 Å². The monoisotopic (exact) mass is 229 g/mol. The van der Waals surface area contributed by atoms with Gasteiger partial charge >= 0.3 is 0 Å². The number of hydrogen-bond donors (Lipinski definition) is 2. The van der Waals surface area contributed by atoms with Gasteiger partial charge in [-0.25, -0.2) is 4.98 Å². The molecule has 0 aromatic carbocycles. The van der Waals surface area contributed by atoms with E-state index in [0.717, 1.165) is 12.2 Å². The summed E-state index contributed by atoms with van der Waals surface area (Å²) in [6.07, 6.45) is 1.16. The van der Waals surface area contributed by atoms with Crippen molar-refractivity contribution in [1.29, 1.82) is 0 Å². The zero-order valence-electron chi connectivity index (χ0n) is 7.66. The number of nitrogens with zero attached hydrogens (tertiary/aromatic N) is 1. The van der Waals surface area contributed by atoms with E-state index < -0.39 is 0 Å². The van der Waals surface area contributed by atoms with Crippen LogP contribution in [-0.2, 0) is 0 Å². The lowest BCUT2D eigenvalue weighted by molar-refractivity contribution is 0.807. The molecule has 3 nitrogen and oxygen atoms in total. The highest BCUT2D eigenvalue weighted by Gasteiger charge is 2.16. The molecule has 0 aliphatic carbocycles. The number of anilines is 2. The Hall–Kier alpha value is -0.610. The Bertz CT molecular complexity index is 326. The summed E-state index contributed by atoms with van der Waals surface area (Å²) in [4.78, 5) is 4.16. The Morgan fingerprint density at radius 2 is 2.43 bits per heavy atom. The van der Waals surface area contributed by atoms with Crippen molar-refractivity contribution < 1.29 is 0 Å². The minimum Gasteiger partial charge on any atom is -0.396 e. The Labute approximate surface area is 92.4 Å². The molecule has 0 spiro atoms. The number of nitrogens with one attached hydrogen (secondary N) is 1. The first-order valence-electron chi connectivity index (χ1n) is 4.52. The van der Waals surface area contributed by atoms with Crippen molar-refractivity contribution in [3.63, 3.8) is 0 Å². The SMILES string of the molecule is Nc1ccc(Cl)nc1NC1CCSC1. The van der Waals surface area contributed by atoms with Crippen LogP contribution in [0.1, 0.15) is 6.42 Å². The Morgan fingerprint density at radius 3 is 3.14 bits per heavy atom. The number of rotatable bonds is 2. The van der Waals surface area contributed by atoms with Gasteiger partial charge in [-0.15, -0.1) is 0 Å². The van der Waals surface area contributed by atoms with Gasteiger partial charge in [-0.1, -0.05) is 11.6 Å². The number of nitrogen functional groups attached to an aromatic ring is 1. The van der Waals surface area contributed by atoms with Gasteiger partial charge in [0.1, 0.15) is 5.15 Å². The normalized spacial score (nSPS) is 21.1. The fourth-order valence-corrected chi connectivity index (χ4v) is 2.70. The third-order valence-corrected chi connectivity index (χ3v) is 3.54. The van der Waals surface area contributed by atoms with Crippen LogP contribution >= 0.6 is 23.4 Å². The molecule has 1 aliphatic heterocycles. The number of aromatic nitrogens is 1. The van der Waals surface area contributed by atoms with Gasteiger partial charge in [0, 0.05) is 11.8 Å². The summed E-state index contributed by atoms with van der Waals surface area (Å²) in [7, 11) is 0. The zero-order valence-corrected chi connectivity index (χ0v) is 9.24. The van der Waals surface area contributed by atoms with E-state index in [4.69, 9.17) is 17.3 Å². The van der Waals surface area contributed by atoms with Crippen LogP contribution in [0.5, 0.6) is 0 Å². The highest BCUT2D eigenvalue weighted by atomic mass is 35.5. The van der Waals surface area contributed by atoms with E-state index in [9.17, 15) is 0 Å². The lowest BCUT2D eigenvalue weighted by Gasteiger charge is -2.13. The summed E-state index contributed by atoms with van der Waals surface area (Å²) >= 11 is 7.74. The number of nitrogens with two attached hydrogens (primary N) is 1. The van der Waals surface area contributed by atoms with Crippen LogP contribution in [0.15, 0.2) is 12.1 Å². The van der Waals surface area contributed by atoms with Crippen LogP contribution < -0.4 is 11.1 Å². The molecule has 1 unspecified atom stereocenters. The van der Waals surface area contributed by atoms with Gasteiger partial charge in [0.2, 0.25) is 0 Å². The average Bonchev–Trinajstić information content (AvgIpc) is 2.64. The van der Waals surface area contributed by atoms with Gasteiger partial charge in [0.25, 0.3) is 0 Å². The van der Waals surface area contributed by atoms with E-state index in [0.29, 0.717) is 22.7 Å². The Kier molecular flexibility index (Phi) is 3.03. The van der Waals surface area contributed by atoms with Crippen LogP contribution in [0.4, 0.5) is 11.5 Å². The lowest BCUT2D eigenvalue weighted by Crippen LogP contribution is -2.19. The largest absolute Gasteiger partial charge is 0.396 e. The second kappa shape index (κ2) is 4.28. The molecule has 3 N–H and O–H groups in total. The van der Waals surface area contributed by atoms with E-state index in [1.807, 2.05) is 11.8 Å². The summed E-state index contributed by atoms with van der Waals surface area (Å²) in [5, 5.41) is 3.79. The summed E-state index contributed by atoms with van der Waals surface area (Å²) in [6.45, 7) is 0. The summed E-state index contributed by atoms with van der Waals surface area (Å²) in [6, 6.07) is 3.96. The molecule has 2 rings (SSSR count). The number of halogens is 1. The average molecular weight is 230 g/mol. The van der Waals surface area contributed by atoms with Crippen LogP contribution in [-0.4, -0.2) is 22.5 Å². The molecule has 1 fully saturated rings. The van der Waals surface area contributed by atoms with Crippen LogP contribution in [0.2, 0.25) is 5.15 Å². The van der Waals surface area contributed by atoms with Gasteiger partial charge in [-0.05, 0) is 24.3 Å². The summed E-state index contributed by atoms with van der Waals surface area (Å²) in [5.74, 6) is 3.04. The number of hydrogen-bond acceptors (Lipinski definition) is 4. The maximum absolute atomic E-state index is 5.79. The second-order valence-corrected chi connectivity index (χ2v) is 4.81. The maximum atomic E-state index is 5.79. The van der Waals surface area contributed by atoms with E-state index in [1.54, 1.807) is 12.1 Å². The van der Waals surface area contributed by atoms with E-state index in [2.05, 4.69) is 10.3 Å². The quantitative estimate of drug-likeness (QED) is 0.764. The predicted octanol–water partition coefficient (Wildman–Crippen LogP) is 2.23. The molecule has 1 saturated heterocycles. The van der Waals surface area contributed by atoms with Gasteiger partial charge in [0.05, 0.1) is 5.69 Å². The van der Waals surface area contributed by atoms with Gasteiger partial charge in [0.15, 0.2) is 5.82 Å². The van der Waals surface area contributed by atoms with E-state index >= 15 is 0 Å². The highest BCUT2D eigenvalue weighted by Crippen LogP contribution is 2.24. The number of thioether (sulfide) groups is 1. The first kappa shape index (κ1) is 9.93. The van der Waals surface area contributed by atoms with Gasteiger partial charge < -0.3 is 11.1 Å². The first-order valence-corrected chi connectivity index (χ1v) is 6.05. The van der Waals surface area contributed by atoms with Crippen LogP contribution in [0.25, 0.3) is 0 Å². The molecule has 0 radical (unpaired) electrons.